The van der Waals surface area contributed by atoms with E-state index >= 15 is 0 Å². The van der Waals surface area contributed by atoms with E-state index in [1.54, 1.807) is 11.8 Å². The van der Waals surface area contributed by atoms with Crippen molar-refractivity contribution in [3.63, 3.8) is 0 Å². The highest BCUT2D eigenvalue weighted by atomic mass is 16.5. The summed E-state index contributed by atoms with van der Waals surface area (Å²) in [7, 11) is 3.54. The predicted molar refractivity (Wildman–Crippen MR) is 54.1 cm³/mol. The molecule has 0 atom stereocenters. The Morgan fingerprint density at radius 1 is 1.50 bits per heavy atom. The normalized spacial score (nSPS) is 19.9. The smallest absolute Gasteiger partial charge is 0.216 e. The van der Waals surface area contributed by atoms with Crippen molar-refractivity contribution in [1.29, 1.82) is 0 Å². The van der Waals surface area contributed by atoms with Crippen molar-refractivity contribution in [3.8, 4) is 5.88 Å². The summed E-state index contributed by atoms with van der Waals surface area (Å²) in [4.78, 5) is 0. The molecule has 1 heterocycles. The maximum absolute atomic E-state index is 6.34. The van der Waals surface area contributed by atoms with Gasteiger partial charge in [-0.15, -0.1) is 0 Å². The Kier molecular flexibility index (Phi) is 2.23. The second-order valence-corrected chi connectivity index (χ2v) is 4.05. The first-order valence-electron chi connectivity index (χ1n) is 5.03. The first-order valence-corrected chi connectivity index (χ1v) is 5.03. The van der Waals surface area contributed by atoms with Crippen molar-refractivity contribution in [2.75, 3.05) is 7.11 Å². The summed E-state index contributed by atoms with van der Waals surface area (Å²) < 4.78 is 7.05. The molecule has 1 aromatic rings. The molecule has 1 aliphatic carbocycles. The van der Waals surface area contributed by atoms with Crippen LogP contribution in [0.25, 0.3) is 0 Å². The van der Waals surface area contributed by atoms with Crippen LogP contribution in [0.4, 0.5) is 0 Å². The molecule has 1 aliphatic rings. The van der Waals surface area contributed by atoms with Gasteiger partial charge in [0.15, 0.2) is 0 Å². The summed E-state index contributed by atoms with van der Waals surface area (Å²) in [5.74, 6) is 0.800. The number of nitrogens with zero attached hydrogens (tertiary/aromatic N) is 2. The number of aryl methyl sites for hydroxylation is 1. The van der Waals surface area contributed by atoms with Crippen LogP contribution < -0.4 is 10.5 Å². The summed E-state index contributed by atoms with van der Waals surface area (Å²) in [5, 5.41) is 4.19. The molecule has 0 amide bonds. The number of methoxy groups -OCH3 is 1. The molecule has 0 saturated heterocycles. The fraction of sp³-hybridized carbons (Fsp3) is 0.700. The lowest BCUT2D eigenvalue weighted by Crippen LogP contribution is -2.33. The number of hydrogen-bond acceptors (Lipinski definition) is 3. The zero-order valence-corrected chi connectivity index (χ0v) is 8.79. The van der Waals surface area contributed by atoms with E-state index in [4.69, 9.17) is 10.5 Å². The first-order chi connectivity index (χ1) is 6.67. The molecule has 0 radical (unpaired) electrons. The van der Waals surface area contributed by atoms with Crippen LogP contribution in [0.1, 0.15) is 31.2 Å². The minimum atomic E-state index is -0.209. The Morgan fingerprint density at radius 2 is 2.14 bits per heavy atom. The Balaban J connectivity index is 2.39. The van der Waals surface area contributed by atoms with E-state index in [2.05, 4.69) is 5.10 Å². The Morgan fingerprint density at radius 3 is 2.71 bits per heavy atom. The van der Waals surface area contributed by atoms with Gasteiger partial charge >= 0.3 is 0 Å². The number of ether oxygens (including phenoxy) is 1. The Labute approximate surface area is 84.0 Å². The van der Waals surface area contributed by atoms with Gasteiger partial charge in [-0.3, -0.25) is 0 Å². The van der Waals surface area contributed by atoms with Crippen molar-refractivity contribution in [2.45, 2.75) is 31.2 Å². The van der Waals surface area contributed by atoms with E-state index in [1.165, 1.54) is 12.8 Å². The Bertz CT molecular complexity index is 326. The average Bonchev–Trinajstić information content (AvgIpc) is 2.73. The third-order valence-electron chi connectivity index (χ3n) is 3.11. The average molecular weight is 195 g/mol. The molecule has 1 fully saturated rings. The second kappa shape index (κ2) is 3.28. The fourth-order valence-corrected chi connectivity index (χ4v) is 2.29. The molecular weight excluding hydrogens is 178 g/mol. The van der Waals surface area contributed by atoms with Crippen LogP contribution in [0.2, 0.25) is 0 Å². The second-order valence-electron chi connectivity index (χ2n) is 4.05. The van der Waals surface area contributed by atoms with Crippen LogP contribution in [0.3, 0.4) is 0 Å². The first kappa shape index (κ1) is 9.52. The van der Waals surface area contributed by atoms with Gasteiger partial charge in [-0.1, -0.05) is 12.8 Å². The highest BCUT2D eigenvalue weighted by molar-refractivity contribution is 5.32. The zero-order valence-electron chi connectivity index (χ0n) is 8.79. The zero-order chi connectivity index (χ0) is 10.2. The maximum Gasteiger partial charge on any atom is 0.216 e. The molecule has 0 unspecified atom stereocenters. The van der Waals surface area contributed by atoms with Gasteiger partial charge in [0.25, 0.3) is 0 Å². The van der Waals surface area contributed by atoms with Crippen LogP contribution in [0.15, 0.2) is 6.20 Å². The molecule has 4 nitrogen and oxygen atoms in total. The number of rotatable bonds is 2. The van der Waals surface area contributed by atoms with Crippen LogP contribution in [-0.2, 0) is 12.6 Å². The Hall–Kier alpha value is -1.03. The summed E-state index contributed by atoms with van der Waals surface area (Å²) in [5.41, 5.74) is 7.18. The topological polar surface area (TPSA) is 53.1 Å². The lowest BCUT2D eigenvalue weighted by molar-refractivity contribution is 0.350. The van der Waals surface area contributed by atoms with E-state index in [0.717, 1.165) is 24.3 Å². The quantitative estimate of drug-likeness (QED) is 0.770. The van der Waals surface area contributed by atoms with E-state index in [-0.39, 0.29) is 5.54 Å². The van der Waals surface area contributed by atoms with Crippen molar-refractivity contribution >= 4 is 0 Å². The molecule has 0 bridgehead atoms. The lowest BCUT2D eigenvalue weighted by Gasteiger charge is -2.23. The lowest BCUT2D eigenvalue weighted by atomic mass is 9.92. The number of aromatic nitrogens is 2. The molecular formula is C10H17N3O. The van der Waals surface area contributed by atoms with Crippen molar-refractivity contribution < 1.29 is 4.74 Å². The van der Waals surface area contributed by atoms with Gasteiger partial charge in [-0.05, 0) is 12.8 Å². The van der Waals surface area contributed by atoms with Crippen LogP contribution >= 0.6 is 0 Å². The summed E-state index contributed by atoms with van der Waals surface area (Å²) in [6, 6.07) is 0. The van der Waals surface area contributed by atoms with Gasteiger partial charge in [0, 0.05) is 12.6 Å². The van der Waals surface area contributed by atoms with Crippen molar-refractivity contribution in [1.82, 2.24) is 9.78 Å². The van der Waals surface area contributed by atoms with Crippen LogP contribution in [0, 0.1) is 0 Å². The number of hydrogen-bond donors (Lipinski definition) is 1. The molecule has 1 aromatic heterocycles. The molecule has 2 N–H and O–H groups in total. The highest BCUT2D eigenvalue weighted by Gasteiger charge is 2.35. The molecule has 4 heteroatoms. The minimum absolute atomic E-state index is 0.209. The third kappa shape index (κ3) is 1.30. The summed E-state index contributed by atoms with van der Waals surface area (Å²) in [6.07, 6.45) is 6.32. The highest BCUT2D eigenvalue weighted by Crippen LogP contribution is 2.40. The van der Waals surface area contributed by atoms with Gasteiger partial charge in [0.1, 0.15) is 0 Å². The SMILES string of the molecule is COc1c(C2(N)CCCC2)cnn1C. The van der Waals surface area contributed by atoms with E-state index in [9.17, 15) is 0 Å². The molecule has 0 aliphatic heterocycles. The van der Waals surface area contributed by atoms with Crippen LogP contribution in [0.5, 0.6) is 5.88 Å². The van der Waals surface area contributed by atoms with Crippen molar-refractivity contribution in [2.24, 2.45) is 12.8 Å². The van der Waals surface area contributed by atoms with E-state index in [1.807, 2.05) is 13.2 Å². The molecule has 1 saturated carbocycles. The molecule has 2 rings (SSSR count). The fourth-order valence-electron chi connectivity index (χ4n) is 2.29. The molecule has 0 spiro atoms. The maximum atomic E-state index is 6.34. The van der Waals surface area contributed by atoms with Crippen LogP contribution in [-0.4, -0.2) is 16.9 Å². The monoisotopic (exact) mass is 195 g/mol. The van der Waals surface area contributed by atoms with Gasteiger partial charge in [0.2, 0.25) is 5.88 Å². The largest absolute Gasteiger partial charge is 0.481 e. The number of nitrogens with two attached hydrogens (primary N) is 1. The van der Waals surface area contributed by atoms with Gasteiger partial charge in [0.05, 0.1) is 18.9 Å². The van der Waals surface area contributed by atoms with Gasteiger partial charge < -0.3 is 10.5 Å². The summed E-state index contributed by atoms with van der Waals surface area (Å²) >= 11 is 0. The van der Waals surface area contributed by atoms with E-state index < -0.39 is 0 Å². The van der Waals surface area contributed by atoms with Gasteiger partial charge in [-0.25, -0.2) is 4.68 Å². The molecule has 0 aromatic carbocycles. The predicted octanol–water partition coefficient (Wildman–Crippen LogP) is 1.16. The van der Waals surface area contributed by atoms with Crippen molar-refractivity contribution in [3.05, 3.63) is 11.8 Å². The van der Waals surface area contributed by atoms with E-state index in [0.29, 0.717) is 0 Å². The molecule has 78 valence electrons. The third-order valence-corrected chi connectivity index (χ3v) is 3.11. The minimum Gasteiger partial charge on any atom is -0.481 e. The molecule has 14 heavy (non-hydrogen) atoms. The van der Waals surface area contributed by atoms with Gasteiger partial charge in [-0.2, -0.15) is 5.10 Å². The summed E-state index contributed by atoms with van der Waals surface area (Å²) in [6.45, 7) is 0. The standard InChI is InChI=1S/C10H17N3O/c1-13-9(14-2)8(7-12-13)10(11)5-3-4-6-10/h7H,3-6,11H2,1-2H3.